The molecule has 4 aromatic rings. The van der Waals surface area contributed by atoms with Crippen molar-refractivity contribution in [2.75, 3.05) is 5.32 Å². The second-order valence-corrected chi connectivity index (χ2v) is 12.2. The molecule has 202 valence electrons. The summed E-state index contributed by atoms with van der Waals surface area (Å²) in [5.74, 6) is 0.335. The molecular weight excluding hydrogens is 823 g/mol. The Bertz CT molecular complexity index is 1470. The van der Waals surface area contributed by atoms with Crippen LogP contribution in [-0.2, 0) is 24.0 Å². The summed E-state index contributed by atoms with van der Waals surface area (Å²) in [4.78, 5) is 16.6. The van der Waals surface area contributed by atoms with E-state index in [4.69, 9.17) is 4.74 Å². The SMILES string of the molecule is O=C(Cc1csc(Nc2cccc(C(F)(F)F)c2)n1)N/N=C\c1cc(Br)c(OCc2ccc(I)cc2)c(I)c1. The van der Waals surface area contributed by atoms with Crippen molar-refractivity contribution in [2.24, 2.45) is 5.10 Å². The molecule has 0 aliphatic rings. The van der Waals surface area contributed by atoms with Gasteiger partial charge < -0.3 is 10.1 Å². The van der Waals surface area contributed by atoms with Gasteiger partial charge in [0.1, 0.15) is 12.4 Å². The van der Waals surface area contributed by atoms with Crippen molar-refractivity contribution in [2.45, 2.75) is 19.2 Å². The van der Waals surface area contributed by atoms with E-state index in [-0.39, 0.29) is 18.0 Å². The molecule has 1 amide bonds. The third kappa shape index (κ3) is 8.88. The van der Waals surface area contributed by atoms with Crippen LogP contribution in [0.15, 0.2) is 75.6 Å². The second-order valence-electron chi connectivity index (χ2n) is 8.05. The number of hydrogen-bond donors (Lipinski definition) is 2. The molecule has 2 N–H and O–H groups in total. The second kappa shape index (κ2) is 13.4. The fourth-order valence-electron chi connectivity index (χ4n) is 3.25. The van der Waals surface area contributed by atoms with Crippen LogP contribution >= 0.6 is 72.4 Å². The standard InChI is InChI=1S/C26H18BrF3I2N4O2S/c27-21-8-16(9-22(32)24(21)38-13-15-4-6-18(31)7-5-15)12-33-36-23(37)11-20-14-39-25(35-20)34-19-3-1-2-17(10-19)26(28,29)30/h1-10,12,14H,11,13H2,(H,34,35)(H,36,37)/b33-12-. The van der Waals surface area contributed by atoms with Crippen LogP contribution in [0.3, 0.4) is 0 Å². The molecule has 0 bridgehead atoms. The Balaban J connectivity index is 1.29. The topological polar surface area (TPSA) is 75.6 Å². The molecule has 6 nitrogen and oxygen atoms in total. The van der Waals surface area contributed by atoms with Crippen molar-refractivity contribution < 1.29 is 22.7 Å². The third-order valence-electron chi connectivity index (χ3n) is 5.05. The Kier molecular flexibility index (Phi) is 10.2. The van der Waals surface area contributed by atoms with Gasteiger partial charge >= 0.3 is 6.18 Å². The van der Waals surface area contributed by atoms with Crippen molar-refractivity contribution in [3.8, 4) is 5.75 Å². The van der Waals surface area contributed by atoms with Crippen LogP contribution in [0.2, 0.25) is 0 Å². The third-order valence-corrected chi connectivity index (χ3v) is 7.97. The molecule has 3 aromatic carbocycles. The number of nitrogens with one attached hydrogen (secondary N) is 2. The van der Waals surface area contributed by atoms with Crippen molar-refractivity contribution in [1.82, 2.24) is 10.4 Å². The smallest absolute Gasteiger partial charge is 0.416 e. The number of benzene rings is 3. The highest BCUT2D eigenvalue weighted by molar-refractivity contribution is 14.1. The van der Waals surface area contributed by atoms with E-state index >= 15 is 0 Å². The van der Waals surface area contributed by atoms with Crippen molar-refractivity contribution in [3.05, 3.63) is 100 Å². The monoisotopic (exact) mass is 840 g/mol. The maximum atomic E-state index is 12.9. The van der Waals surface area contributed by atoms with Gasteiger partial charge in [0.2, 0.25) is 5.91 Å². The molecule has 0 saturated heterocycles. The fraction of sp³-hybridized carbons (Fsp3) is 0.115. The normalized spacial score (nSPS) is 11.5. The molecule has 39 heavy (non-hydrogen) atoms. The molecule has 0 aliphatic carbocycles. The first-order valence-electron chi connectivity index (χ1n) is 11.1. The van der Waals surface area contributed by atoms with Crippen LogP contribution < -0.4 is 15.5 Å². The summed E-state index contributed by atoms with van der Waals surface area (Å²) in [6, 6.07) is 16.6. The summed E-state index contributed by atoms with van der Waals surface area (Å²) < 4.78 is 47.5. The lowest BCUT2D eigenvalue weighted by atomic mass is 10.2. The van der Waals surface area contributed by atoms with E-state index in [2.05, 4.69) is 81.9 Å². The Morgan fingerprint density at radius 2 is 1.90 bits per heavy atom. The van der Waals surface area contributed by atoms with Gasteiger partial charge in [0.15, 0.2) is 5.13 Å². The summed E-state index contributed by atoms with van der Waals surface area (Å²) in [5.41, 5.74) is 4.25. The average molecular weight is 841 g/mol. The van der Waals surface area contributed by atoms with Gasteiger partial charge in [0, 0.05) is 14.6 Å². The molecule has 0 fully saturated rings. The van der Waals surface area contributed by atoms with E-state index in [1.165, 1.54) is 29.7 Å². The highest BCUT2D eigenvalue weighted by atomic mass is 127. The van der Waals surface area contributed by atoms with Gasteiger partial charge in [0.05, 0.1) is 31.9 Å². The Morgan fingerprint density at radius 3 is 2.62 bits per heavy atom. The summed E-state index contributed by atoms with van der Waals surface area (Å²) in [5, 5.41) is 8.90. The first kappa shape index (κ1) is 29.7. The summed E-state index contributed by atoms with van der Waals surface area (Å²) in [6.45, 7) is 0.433. The molecule has 0 aliphatic heterocycles. The predicted octanol–water partition coefficient (Wildman–Crippen LogP) is 8.15. The summed E-state index contributed by atoms with van der Waals surface area (Å²) >= 11 is 9.16. The van der Waals surface area contributed by atoms with Gasteiger partial charge in [-0.1, -0.05) is 18.2 Å². The van der Waals surface area contributed by atoms with E-state index < -0.39 is 11.7 Å². The van der Waals surface area contributed by atoms with Gasteiger partial charge in [-0.15, -0.1) is 11.3 Å². The number of halogens is 6. The van der Waals surface area contributed by atoms with Gasteiger partial charge in [-0.05, 0) is 115 Å². The number of carbonyl (C=O) groups is 1. The minimum absolute atomic E-state index is 0.0370. The molecule has 0 unspecified atom stereocenters. The average Bonchev–Trinajstić information content (AvgIpc) is 3.30. The van der Waals surface area contributed by atoms with Crippen LogP contribution in [-0.4, -0.2) is 17.1 Å². The van der Waals surface area contributed by atoms with Crippen LogP contribution in [0, 0.1) is 7.14 Å². The molecule has 13 heteroatoms. The molecule has 1 heterocycles. The zero-order chi connectivity index (χ0) is 28.0. The lowest BCUT2D eigenvalue weighted by molar-refractivity contribution is -0.137. The zero-order valence-corrected chi connectivity index (χ0v) is 26.4. The number of carbonyl (C=O) groups excluding carboxylic acids is 1. The summed E-state index contributed by atoms with van der Waals surface area (Å²) in [6.07, 6.45) is -2.95. The van der Waals surface area contributed by atoms with Gasteiger partial charge in [-0.3, -0.25) is 4.79 Å². The maximum absolute atomic E-state index is 12.9. The van der Waals surface area contributed by atoms with Gasteiger partial charge in [-0.2, -0.15) is 18.3 Å². The predicted molar refractivity (Wildman–Crippen MR) is 167 cm³/mol. The maximum Gasteiger partial charge on any atom is 0.416 e. The number of alkyl halides is 3. The first-order chi connectivity index (χ1) is 18.6. The van der Waals surface area contributed by atoms with E-state index in [1.54, 1.807) is 5.38 Å². The van der Waals surface area contributed by atoms with E-state index in [9.17, 15) is 18.0 Å². The Labute approximate surface area is 261 Å². The van der Waals surface area contributed by atoms with Crippen molar-refractivity contribution >= 4 is 95.4 Å². The van der Waals surface area contributed by atoms with Gasteiger partial charge in [-0.25, -0.2) is 10.4 Å². The lowest BCUT2D eigenvalue weighted by Crippen LogP contribution is -2.20. The number of amides is 1. The van der Waals surface area contributed by atoms with Gasteiger partial charge in [0.25, 0.3) is 0 Å². The number of anilines is 2. The Hall–Kier alpha value is -2.24. The fourth-order valence-corrected chi connectivity index (χ4v) is 6.11. The van der Waals surface area contributed by atoms with Crippen LogP contribution in [0.1, 0.15) is 22.4 Å². The molecule has 0 radical (unpaired) electrons. The van der Waals surface area contributed by atoms with Crippen LogP contribution in [0.25, 0.3) is 0 Å². The quantitative estimate of drug-likeness (QED) is 0.101. The summed E-state index contributed by atoms with van der Waals surface area (Å²) in [7, 11) is 0. The zero-order valence-electron chi connectivity index (χ0n) is 19.7. The Morgan fingerprint density at radius 1 is 1.13 bits per heavy atom. The lowest BCUT2D eigenvalue weighted by Gasteiger charge is -2.11. The number of aromatic nitrogens is 1. The molecule has 0 atom stereocenters. The van der Waals surface area contributed by atoms with E-state index in [0.29, 0.717) is 23.2 Å². The number of hydrazone groups is 1. The van der Waals surface area contributed by atoms with Crippen LogP contribution in [0.5, 0.6) is 5.75 Å². The van der Waals surface area contributed by atoms with E-state index in [1.807, 2.05) is 36.4 Å². The molecular formula is C26H18BrF3I2N4O2S. The highest BCUT2D eigenvalue weighted by Crippen LogP contribution is 2.33. The number of thiazole rings is 1. The molecule has 0 saturated carbocycles. The highest BCUT2D eigenvalue weighted by Gasteiger charge is 2.30. The van der Waals surface area contributed by atoms with Crippen molar-refractivity contribution in [3.63, 3.8) is 0 Å². The largest absolute Gasteiger partial charge is 0.487 e. The number of nitrogens with zero attached hydrogens (tertiary/aromatic N) is 2. The van der Waals surface area contributed by atoms with Crippen molar-refractivity contribution in [1.29, 1.82) is 0 Å². The minimum Gasteiger partial charge on any atom is -0.487 e. The number of hydrogen-bond acceptors (Lipinski definition) is 6. The number of rotatable bonds is 9. The first-order valence-corrected chi connectivity index (χ1v) is 15.0. The molecule has 1 aromatic heterocycles. The molecule has 0 spiro atoms. The van der Waals surface area contributed by atoms with Crippen LogP contribution in [0.4, 0.5) is 24.0 Å². The molecule has 4 rings (SSSR count). The minimum atomic E-state index is -4.43. The number of ether oxygens (including phenoxy) is 1. The van der Waals surface area contributed by atoms with E-state index in [0.717, 1.165) is 34.9 Å².